The lowest BCUT2D eigenvalue weighted by Gasteiger charge is -2.42. The van der Waals surface area contributed by atoms with E-state index in [1.54, 1.807) is 18.3 Å². The van der Waals surface area contributed by atoms with Crippen molar-refractivity contribution in [2.24, 2.45) is 10.8 Å². The van der Waals surface area contributed by atoms with Gasteiger partial charge in [0.25, 0.3) is 0 Å². The maximum atomic E-state index is 13.5. The Balaban J connectivity index is 1.81. The normalized spacial score (nSPS) is 24.9. The van der Waals surface area contributed by atoms with Gasteiger partial charge in [0, 0.05) is 35.2 Å². The van der Waals surface area contributed by atoms with E-state index in [4.69, 9.17) is 18.1 Å². The van der Waals surface area contributed by atoms with E-state index in [0.29, 0.717) is 5.56 Å². The molecular formula is C19H29NO7P2. The largest absolute Gasteiger partial charge is 0.345 e. The first kappa shape index (κ1) is 22.8. The van der Waals surface area contributed by atoms with Gasteiger partial charge >= 0.3 is 15.2 Å². The highest BCUT2D eigenvalue weighted by molar-refractivity contribution is 7.72. The van der Waals surface area contributed by atoms with Gasteiger partial charge in [-0.25, -0.2) is 0 Å². The Morgan fingerprint density at radius 2 is 1.48 bits per heavy atom. The number of rotatable bonds is 6. The number of hydrogen-bond acceptors (Lipinski definition) is 8. The van der Waals surface area contributed by atoms with Crippen LogP contribution in [-0.2, 0) is 27.2 Å². The Morgan fingerprint density at radius 3 is 1.90 bits per heavy atom. The van der Waals surface area contributed by atoms with Crippen molar-refractivity contribution in [1.29, 1.82) is 0 Å². The second kappa shape index (κ2) is 8.33. The number of Topliss-reactive ketones (excluding diaryl/α,β-unsaturated/α-hetero) is 1. The van der Waals surface area contributed by atoms with Gasteiger partial charge in [-0.2, -0.15) is 0 Å². The Kier molecular flexibility index (Phi) is 6.55. The first-order chi connectivity index (χ1) is 13.4. The average molecular weight is 445 g/mol. The molecular weight excluding hydrogens is 416 g/mol. The minimum Gasteiger partial charge on any atom is -0.307 e. The molecule has 2 saturated heterocycles. The van der Waals surface area contributed by atoms with E-state index in [1.165, 1.54) is 6.20 Å². The van der Waals surface area contributed by atoms with Gasteiger partial charge in [0.1, 0.15) is 0 Å². The Labute approximate surface area is 171 Å². The summed E-state index contributed by atoms with van der Waals surface area (Å²) in [6.45, 7) is 8.49. The summed E-state index contributed by atoms with van der Waals surface area (Å²) in [5, 5.41) is -1.15. The molecule has 0 atom stereocenters. The minimum atomic E-state index is -3.81. The molecule has 1 aromatic heterocycles. The Morgan fingerprint density at radius 1 is 1.00 bits per heavy atom. The molecule has 0 aliphatic carbocycles. The summed E-state index contributed by atoms with van der Waals surface area (Å²) in [4.78, 5) is 16.5. The van der Waals surface area contributed by atoms with Crippen molar-refractivity contribution in [2.45, 2.75) is 45.9 Å². The number of carbonyl (C=O) groups excluding carboxylic acids is 1. The molecule has 1 aromatic rings. The first-order valence-corrected chi connectivity index (χ1v) is 12.9. The summed E-state index contributed by atoms with van der Waals surface area (Å²) in [6, 6.07) is 3.32. The van der Waals surface area contributed by atoms with E-state index in [0.717, 1.165) is 0 Å². The van der Waals surface area contributed by atoms with Crippen LogP contribution in [0.15, 0.2) is 24.5 Å². The molecule has 3 rings (SSSR count). The third-order valence-corrected chi connectivity index (χ3v) is 10.5. The fourth-order valence-corrected chi connectivity index (χ4v) is 9.01. The molecule has 0 unspecified atom stereocenters. The number of carbonyl (C=O) groups is 1. The summed E-state index contributed by atoms with van der Waals surface area (Å²) in [6.07, 6.45) is 3.04. The molecule has 162 valence electrons. The zero-order valence-electron chi connectivity index (χ0n) is 17.3. The highest BCUT2D eigenvalue weighted by atomic mass is 31.2. The van der Waals surface area contributed by atoms with Gasteiger partial charge in [0.2, 0.25) is 0 Å². The molecule has 0 bridgehead atoms. The van der Waals surface area contributed by atoms with Crippen molar-refractivity contribution in [3.63, 3.8) is 0 Å². The van der Waals surface area contributed by atoms with Crippen LogP contribution in [0.4, 0.5) is 0 Å². The van der Waals surface area contributed by atoms with Crippen molar-refractivity contribution in [1.82, 2.24) is 4.98 Å². The fraction of sp³-hybridized carbons (Fsp3) is 0.684. The van der Waals surface area contributed by atoms with Crippen LogP contribution >= 0.6 is 15.2 Å². The lowest BCUT2D eigenvalue weighted by Crippen LogP contribution is -2.35. The van der Waals surface area contributed by atoms with Crippen LogP contribution in [0.5, 0.6) is 0 Å². The smallest absolute Gasteiger partial charge is 0.307 e. The SMILES string of the molecule is CC1(C)COP(=O)(C(CCC(=O)c2cccnc2)P2(=O)OCC(C)(C)CO2)OC1. The van der Waals surface area contributed by atoms with Crippen molar-refractivity contribution in [3.8, 4) is 0 Å². The lowest BCUT2D eigenvalue weighted by atomic mass is 9.97. The molecule has 3 heterocycles. The quantitative estimate of drug-likeness (QED) is 0.450. The topological polar surface area (TPSA) is 101 Å². The van der Waals surface area contributed by atoms with E-state index < -0.39 is 20.6 Å². The zero-order chi connectivity index (χ0) is 21.3. The monoisotopic (exact) mass is 445 g/mol. The van der Waals surface area contributed by atoms with Gasteiger partial charge in [-0.1, -0.05) is 27.7 Å². The van der Waals surface area contributed by atoms with Crippen molar-refractivity contribution < 1.29 is 32.0 Å². The van der Waals surface area contributed by atoms with E-state index in [9.17, 15) is 13.9 Å². The third-order valence-electron chi connectivity index (χ3n) is 4.88. The van der Waals surface area contributed by atoms with Crippen LogP contribution in [-0.4, -0.2) is 42.6 Å². The Bertz CT molecular complexity index is 770. The van der Waals surface area contributed by atoms with Gasteiger partial charge < -0.3 is 18.1 Å². The molecule has 0 saturated carbocycles. The van der Waals surface area contributed by atoms with Gasteiger partial charge in [-0.3, -0.25) is 18.9 Å². The maximum Gasteiger partial charge on any atom is 0.345 e. The van der Waals surface area contributed by atoms with Crippen LogP contribution in [0.2, 0.25) is 0 Å². The number of pyridine rings is 1. The summed E-state index contributed by atoms with van der Waals surface area (Å²) in [7, 11) is -7.62. The maximum absolute atomic E-state index is 13.5. The fourth-order valence-electron chi connectivity index (χ4n) is 2.98. The number of ketones is 1. The van der Waals surface area contributed by atoms with Crippen molar-refractivity contribution >= 4 is 21.0 Å². The molecule has 29 heavy (non-hydrogen) atoms. The second-order valence-electron chi connectivity index (χ2n) is 9.19. The average Bonchev–Trinajstić information content (AvgIpc) is 2.68. The molecule has 0 amide bonds. The second-order valence-corrected chi connectivity index (χ2v) is 14.0. The van der Waals surface area contributed by atoms with Gasteiger partial charge in [-0.15, -0.1) is 0 Å². The highest BCUT2D eigenvalue weighted by Crippen LogP contribution is 2.74. The van der Waals surface area contributed by atoms with E-state index >= 15 is 0 Å². The molecule has 2 aliphatic rings. The summed E-state index contributed by atoms with van der Waals surface area (Å²) < 4.78 is 49.6. The zero-order valence-corrected chi connectivity index (χ0v) is 19.1. The predicted molar refractivity (Wildman–Crippen MR) is 108 cm³/mol. The number of aromatic nitrogens is 1. The van der Waals surface area contributed by atoms with Crippen LogP contribution in [0.1, 0.15) is 50.9 Å². The molecule has 2 aliphatic heterocycles. The molecule has 8 nitrogen and oxygen atoms in total. The lowest BCUT2D eigenvalue weighted by molar-refractivity contribution is 0.0271. The van der Waals surface area contributed by atoms with Crippen molar-refractivity contribution in [3.05, 3.63) is 30.1 Å². The van der Waals surface area contributed by atoms with Crippen LogP contribution in [0, 0.1) is 10.8 Å². The molecule has 0 spiro atoms. The molecule has 2 fully saturated rings. The molecule has 0 N–H and O–H groups in total. The van der Waals surface area contributed by atoms with Crippen LogP contribution in [0.25, 0.3) is 0 Å². The third kappa shape index (κ3) is 5.43. The van der Waals surface area contributed by atoms with Gasteiger partial charge in [0.15, 0.2) is 11.2 Å². The van der Waals surface area contributed by atoms with E-state index in [-0.39, 0.29) is 55.9 Å². The first-order valence-electron chi connectivity index (χ1n) is 9.66. The Hall–Kier alpha value is -0.880. The molecule has 0 radical (unpaired) electrons. The van der Waals surface area contributed by atoms with E-state index in [2.05, 4.69) is 4.98 Å². The minimum absolute atomic E-state index is 0.00312. The summed E-state index contributed by atoms with van der Waals surface area (Å²) in [5.41, 5.74) is -0.190. The molecule has 0 aromatic carbocycles. The highest BCUT2D eigenvalue weighted by Gasteiger charge is 2.55. The van der Waals surface area contributed by atoms with Crippen LogP contribution < -0.4 is 0 Å². The standard InChI is InChI=1S/C19H29NO7P2/c1-18(2)11-24-28(22,25-12-18)17(29(23)26-13-19(3,4)14-27-29)8-7-16(21)15-6-5-9-20-10-15/h5-6,9-10,17H,7-8,11-14H2,1-4H3. The van der Waals surface area contributed by atoms with Gasteiger partial charge in [0.05, 0.1) is 26.4 Å². The summed E-state index contributed by atoms with van der Waals surface area (Å²) >= 11 is 0. The van der Waals surface area contributed by atoms with Crippen LogP contribution in [0.3, 0.4) is 0 Å². The number of nitrogens with zero attached hydrogens (tertiary/aromatic N) is 1. The number of hydrogen-bond donors (Lipinski definition) is 0. The summed E-state index contributed by atoms with van der Waals surface area (Å²) in [5.74, 6) is -0.198. The van der Waals surface area contributed by atoms with Crippen molar-refractivity contribution in [2.75, 3.05) is 26.4 Å². The van der Waals surface area contributed by atoms with Gasteiger partial charge in [-0.05, 0) is 18.6 Å². The predicted octanol–water partition coefficient (Wildman–Crippen LogP) is 4.90. The molecule has 10 heteroatoms. The van der Waals surface area contributed by atoms with E-state index in [1.807, 2.05) is 27.7 Å².